The van der Waals surface area contributed by atoms with Crippen molar-refractivity contribution in [3.63, 3.8) is 0 Å². The third-order valence-corrected chi connectivity index (χ3v) is 3.11. The number of nitrogen functional groups attached to an aromatic ring is 1. The van der Waals surface area contributed by atoms with Crippen LogP contribution < -0.4 is 5.73 Å². The summed E-state index contributed by atoms with van der Waals surface area (Å²) in [4.78, 5) is 2.77. The number of nitrogens with zero attached hydrogens (tertiary/aromatic N) is 1. The Labute approximate surface area is 111 Å². The molecule has 0 aliphatic heterocycles. The molecule has 0 aliphatic rings. The van der Waals surface area contributed by atoms with Crippen LogP contribution in [0.1, 0.15) is 11.3 Å². The van der Waals surface area contributed by atoms with Crippen LogP contribution in [0, 0.1) is 6.92 Å². The Kier molecular flexibility index (Phi) is 2.53. The Morgan fingerprint density at radius 3 is 2.65 bits per heavy atom. The van der Waals surface area contributed by atoms with Gasteiger partial charge >= 0.3 is 6.18 Å². The summed E-state index contributed by atoms with van der Waals surface area (Å²) in [6.45, 7) is 1.68. The normalized spacial score (nSPS) is 12.2. The molecule has 0 aliphatic carbocycles. The Morgan fingerprint density at radius 2 is 2.05 bits per heavy atom. The molecule has 104 valence electrons. The van der Waals surface area contributed by atoms with E-state index in [1.807, 2.05) is 0 Å². The van der Waals surface area contributed by atoms with E-state index in [9.17, 15) is 13.2 Å². The number of rotatable bonds is 1. The molecule has 2 aromatic heterocycles. The second-order valence-electron chi connectivity index (χ2n) is 4.47. The molecule has 0 fully saturated rings. The monoisotopic (exact) mass is 281 g/mol. The maximum Gasteiger partial charge on any atom is 0.418 e. The quantitative estimate of drug-likeness (QED) is 0.714. The molecule has 0 atom stereocenters. The molecule has 0 unspecified atom stereocenters. The molecule has 3 aromatic rings. The molecular formula is C13H10F3N3O. The minimum Gasteiger partial charge on any atom is -0.368 e. The number of H-pyrrole nitrogens is 1. The van der Waals surface area contributed by atoms with Crippen molar-refractivity contribution in [3.8, 4) is 11.3 Å². The van der Waals surface area contributed by atoms with E-state index in [0.717, 1.165) is 6.07 Å². The van der Waals surface area contributed by atoms with Gasteiger partial charge in [-0.15, -0.1) is 0 Å². The van der Waals surface area contributed by atoms with Crippen LogP contribution in [0.2, 0.25) is 0 Å². The molecular weight excluding hydrogens is 271 g/mol. The van der Waals surface area contributed by atoms with E-state index >= 15 is 0 Å². The van der Waals surface area contributed by atoms with Gasteiger partial charge in [-0.05, 0) is 13.0 Å². The zero-order valence-corrected chi connectivity index (χ0v) is 10.4. The molecule has 0 radical (unpaired) electrons. The second-order valence-corrected chi connectivity index (χ2v) is 4.47. The lowest BCUT2D eigenvalue weighted by Crippen LogP contribution is -2.05. The topological polar surface area (TPSA) is 67.8 Å². The predicted octanol–water partition coefficient (Wildman–Crippen LogP) is 3.73. The standard InChI is InChI=1S/C13H10F3N3O/c1-6-11(9-5-10(17)20-19-9)7-3-2-4-8(12(7)18-6)13(14,15)16/h2-5,18H,17H2,1H3. The largest absolute Gasteiger partial charge is 0.418 e. The number of hydrogen-bond acceptors (Lipinski definition) is 3. The molecule has 0 saturated carbocycles. The molecule has 0 bridgehead atoms. The summed E-state index contributed by atoms with van der Waals surface area (Å²) < 4.78 is 43.8. The zero-order chi connectivity index (χ0) is 14.5. The van der Waals surface area contributed by atoms with Crippen LogP contribution in [0.3, 0.4) is 0 Å². The minimum atomic E-state index is -4.42. The lowest BCUT2D eigenvalue weighted by molar-refractivity contribution is -0.136. The summed E-state index contributed by atoms with van der Waals surface area (Å²) >= 11 is 0. The van der Waals surface area contributed by atoms with Gasteiger partial charge in [0.15, 0.2) is 0 Å². The fourth-order valence-electron chi connectivity index (χ4n) is 2.32. The smallest absolute Gasteiger partial charge is 0.368 e. The number of hydrogen-bond donors (Lipinski definition) is 2. The van der Waals surface area contributed by atoms with Gasteiger partial charge in [-0.2, -0.15) is 13.2 Å². The van der Waals surface area contributed by atoms with Gasteiger partial charge in [0.1, 0.15) is 5.69 Å². The second kappa shape index (κ2) is 4.03. The highest BCUT2D eigenvalue weighted by Gasteiger charge is 2.33. The van der Waals surface area contributed by atoms with Gasteiger partial charge in [0.05, 0.1) is 11.1 Å². The van der Waals surface area contributed by atoms with E-state index in [1.54, 1.807) is 13.0 Å². The first-order valence-corrected chi connectivity index (χ1v) is 5.79. The van der Waals surface area contributed by atoms with Gasteiger partial charge in [-0.1, -0.05) is 17.3 Å². The summed E-state index contributed by atoms with van der Waals surface area (Å²) in [5, 5.41) is 4.20. The van der Waals surface area contributed by atoms with Crippen LogP contribution in [-0.2, 0) is 6.18 Å². The number of anilines is 1. The molecule has 20 heavy (non-hydrogen) atoms. The zero-order valence-electron chi connectivity index (χ0n) is 10.4. The van der Waals surface area contributed by atoms with Crippen LogP contribution >= 0.6 is 0 Å². The average molecular weight is 281 g/mol. The number of halogens is 3. The number of benzene rings is 1. The molecule has 0 amide bonds. The molecule has 0 spiro atoms. The van der Waals surface area contributed by atoms with Gasteiger partial charge in [0, 0.05) is 22.7 Å². The number of fused-ring (bicyclic) bond motifs is 1. The van der Waals surface area contributed by atoms with Crippen LogP contribution in [-0.4, -0.2) is 10.1 Å². The number of nitrogens with one attached hydrogen (secondary N) is 1. The summed E-state index contributed by atoms with van der Waals surface area (Å²) in [5.74, 6) is 0.112. The first-order valence-electron chi connectivity index (χ1n) is 5.79. The van der Waals surface area contributed by atoms with E-state index in [0.29, 0.717) is 22.3 Å². The van der Waals surface area contributed by atoms with E-state index in [2.05, 4.69) is 10.1 Å². The molecule has 1 aromatic carbocycles. The summed E-state index contributed by atoms with van der Waals surface area (Å²) in [6, 6.07) is 5.49. The number of aryl methyl sites for hydroxylation is 1. The van der Waals surface area contributed by atoms with E-state index < -0.39 is 11.7 Å². The van der Waals surface area contributed by atoms with E-state index in [-0.39, 0.29) is 11.4 Å². The van der Waals surface area contributed by atoms with Crippen LogP contribution in [0.15, 0.2) is 28.8 Å². The number of para-hydroxylation sites is 1. The SMILES string of the molecule is Cc1[nH]c2c(C(F)(F)F)cccc2c1-c1cc(N)on1. The molecule has 3 rings (SSSR count). The third kappa shape index (κ3) is 1.82. The Morgan fingerprint density at radius 1 is 1.30 bits per heavy atom. The van der Waals surface area contributed by atoms with Crippen molar-refractivity contribution < 1.29 is 17.7 Å². The van der Waals surface area contributed by atoms with Crippen LogP contribution in [0.4, 0.5) is 19.1 Å². The highest BCUT2D eigenvalue weighted by molar-refractivity contribution is 5.98. The lowest BCUT2D eigenvalue weighted by Gasteiger charge is -2.07. The number of aromatic nitrogens is 2. The van der Waals surface area contributed by atoms with Crippen molar-refractivity contribution in [2.24, 2.45) is 0 Å². The summed E-state index contributed by atoms with van der Waals surface area (Å²) in [5.41, 5.74) is 6.33. The maximum absolute atomic E-state index is 13.0. The van der Waals surface area contributed by atoms with E-state index in [4.69, 9.17) is 10.3 Å². The number of nitrogens with two attached hydrogens (primary N) is 1. The molecule has 3 N–H and O–H groups in total. The van der Waals surface area contributed by atoms with Crippen molar-refractivity contribution in [1.82, 2.24) is 10.1 Å². The molecule has 0 saturated heterocycles. The predicted molar refractivity (Wildman–Crippen MR) is 67.9 cm³/mol. The summed E-state index contributed by atoms with van der Waals surface area (Å²) in [6.07, 6.45) is -4.42. The van der Waals surface area contributed by atoms with Gasteiger partial charge < -0.3 is 15.2 Å². The van der Waals surface area contributed by atoms with Crippen molar-refractivity contribution in [2.45, 2.75) is 13.1 Å². The molecule has 4 nitrogen and oxygen atoms in total. The summed E-state index contributed by atoms with van der Waals surface area (Å²) in [7, 11) is 0. The highest BCUT2D eigenvalue weighted by atomic mass is 19.4. The van der Waals surface area contributed by atoms with Gasteiger partial charge in [0.25, 0.3) is 0 Å². The average Bonchev–Trinajstić information content (AvgIpc) is 2.89. The fraction of sp³-hybridized carbons (Fsp3) is 0.154. The first kappa shape index (κ1) is 12.6. The van der Waals surface area contributed by atoms with E-state index in [1.165, 1.54) is 12.1 Å². The van der Waals surface area contributed by atoms with Crippen molar-refractivity contribution in [2.75, 3.05) is 5.73 Å². The molecule has 7 heteroatoms. The van der Waals surface area contributed by atoms with Gasteiger partial charge in [-0.25, -0.2) is 0 Å². The van der Waals surface area contributed by atoms with Crippen molar-refractivity contribution in [3.05, 3.63) is 35.5 Å². The van der Waals surface area contributed by atoms with Crippen LogP contribution in [0.5, 0.6) is 0 Å². The van der Waals surface area contributed by atoms with Crippen molar-refractivity contribution in [1.29, 1.82) is 0 Å². The van der Waals surface area contributed by atoms with Gasteiger partial charge in [-0.3, -0.25) is 0 Å². The fourth-order valence-corrected chi connectivity index (χ4v) is 2.32. The molecule has 2 heterocycles. The first-order chi connectivity index (χ1) is 9.38. The number of alkyl halides is 3. The minimum absolute atomic E-state index is 0.0362. The van der Waals surface area contributed by atoms with Crippen molar-refractivity contribution >= 4 is 16.8 Å². The Balaban J connectivity index is 2.33. The van der Waals surface area contributed by atoms with Crippen LogP contribution in [0.25, 0.3) is 22.2 Å². The lowest BCUT2D eigenvalue weighted by atomic mass is 10.1. The highest BCUT2D eigenvalue weighted by Crippen LogP contribution is 2.39. The Hall–Kier alpha value is -2.44. The Bertz CT molecular complexity index is 786. The maximum atomic E-state index is 13.0. The number of aromatic amines is 1. The third-order valence-electron chi connectivity index (χ3n) is 3.11. The van der Waals surface area contributed by atoms with Gasteiger partial charge in [0.2, 0.25) is 5.88 Å².